The SMILES string of the molecule is COc1nc(NC2(CO)CCC2)ccc1N. The number of nitrogens with zero attached hydrogens (tertiary/aromatic N) is 1. The van der Waals surface area contributed by atoms with E-state index in [0.29, 0.717) is 17.4 Å². The lowest BCUT2D eigenvalue weighted by Gasteiger charge is -2.41. The second-order valence-electron chi connectivity index (χ2n) is 4.21. The Bertz CT molecular complexity index is 372. The Morgan fingerprint density at radius 1 is 1.56 bits per heavy atom. The third kappa shape index (κ3) is 1.90. The average molecular weight is 223 g/mol. The Labute approximate surface area is 94.6 Å². The Balaban J connectivity index is 2.15. The molecule has 1 aromatic heterocycles. The molecule has 5 nitrogen and oxygen atoms in total. The number of hydrogen-bond acceptors (Lipinski definition) is 5. The summed E-state index contributed by atoms with van der Waals surface area (Å²) in [6, 6.07) is 3.55. The summed E-state index contributed by atoms with van der Waals surface area (Å²) in [4.78, 5) is 4.24. The van der Waals surface area contributed by atoms with Crippen molar-refractivity contribution in [3.8, 4) is 5.88 Å². The molecular weight excluding hydrogens is 206 g/mol. The molecule has 0 aliphatic heterocycles. The predicted octanol–water partition coefficient (Wildman–Crippen LogP) is 0.999. The molecule has 5 heteroatoms. The first kappa shape index (κ1) is 11.0. The van der Waals surface area contributed by atoms with E-state index in [1.54, 1.807) is 12.1 Å². The van der Waals surface area contributed by atoms with Crippen molar-refractivity contribution in [1.82, 2.24) is 4.98 Å². The van der Waals surface area contributed by atoms with E-state index in [4.69, 9.17) is 10.5 Å². The standard InChI is InChI=1S/C11H17N3O2/c1-16-10-8(12)3-4-9(13-10)14-11(7-15)5-2-6-11/h3-4,15H,2,5-7,12H2,1H3,(H,13,14). The first-order chi connectivity index (χ1) is 7.69. The van der Waals surface area contributed by atoms with Crippen LogP contribution < -0.4 is 15.8 Å². The van der Waals surface area contributed by atoms with Crippen LogP contribution in [0.3, 0.4) is 0 Å². The molecule has 1 aromatic rings. The van der Waals surface area contributed by atoms with Gasteiger partial charge in [-0.1, -0.05) is 0 Å². The topological polar surface area (TPSA) is 80.4 Å². The summed E-state index contributed by atoms with van der Waals surface area (Å²) in [6.07, 6.45) is 3.08. The summed E-state index contributed by atoms with van der Waals surface area (Å²) in [6.45, 7) is 0.126. The fraction of sp³-hybridized carbons (Fsp3) is 0.545. The molecule has 2 rings (SSSR count). The highest BCUT2D eigenvalue weighted by molar-refractivity contribution is 5.54. The summed E-state index contributed by atoms with van der Waals surface area (Å²) in [5.74, 6) is 1.11. The Kier molecular flexibility index (Phi) is 2.87. The Morgan fingerprint density at radius 2 is 2.31 bits per heavy atom. The third-order valence-corrected chi connectivity index (χ3v) is 3.09. The van der Waals surface area contributed by atoms with Crippen molar-refractivity contribution in [2.75, 3.05) is 24.8 Å². The molecule has 0 amide bonds. The number of ether oxygens (including phenoxy) is 1. The van der Waals surface area contributed by atoms with Crippen LogP contribution in [0.15, 0.2) is 12.1 Å². The van der Waals surface area contributed by atoms with E-state index in [1.807, 2.05) is 0 Å². The minimum absolute atomic E-state index is 0.126. The van der Waals surface area contributed by atoms with E-state index in [-0.39, 0.29) is 12.1 Å². The zero-order valence-corrected chi connectivity index (χ0v) is 9.36. The van der Waals surface area contributed by atoms with E-state index in [0.717, 1.165) is 19.3 Å². The van der Waals surface area contributed by atoms with Gasteiger partial charge >= 0.3 is 0 Å². The smallest absolute Gasteiger partial charge is 0.238 e. The van der Waals surface area contributed by atoms with Gasteiger partial charge in [-0.2, -0.15) is 4.98 Å². The number of anilines is 2. The highest BCUT2D eigenvalue weighted by Gasteiger charge is 2.36. The van der Waals surface area contributed by atoms with Crippen molar-refractivity contribution in [1.29, 1.82) is 0 Å². The number of nitrogens with two attached hydrogens (primary N) is 1. The average Bonchev–Trinajstić information content (AvgIpc) is 2.25. The van der Waals surface area contributed by atoms with E-state index in [1.165, 1.54) is 7.11 Å². The molecule has 88 valence electrons. The van der Waals surface area contributed by atoms with Crippen molar-refractivity contribution in [2.45, 2.75) is 24.8 Å². The number of hydrogen-bond donors (Lipinski definition) is 3. The van der Waals surface area contributed by atoms with Crippen LogP contribution in [0.5, 0.6) is 5.88 Å². The maximum atomic E-state index is 9.33. The monoisotopic (exact) mass is 223 g/mol. The van der Waals surface area contributed by atoms with Gasteiger partial charge in [0.1, 0.15) is 5.82 Å². The van der Waals surface area contributed by atoms with Crippen LogP contribution in [0.2, 0.25) is 0 Å². The molecule has 4 N–H and O–H groups in total. The molecule has 0 saturated heterocycles. The molecule has 1 aliphatic carbocycles. The van der Waals surface area contributed by atoms with Gasteiger partial charge < -0.3 is 20.9 Å². The second kappa shape index (κ2) is 4.17. The predicted molar refractivity (Wildman–Crippen MR) is 62.5 cm³/mol. The molecule has 0 atom stereocenters. The van der Waals surface area contributed by atoms with Crippen LogP contribution in [-0.2, 0) is 0 Å². The molecule has 0 spiro atoms. The van der Waals surface area contributed by atoms with Crippen molar-refractivity contribution < 1.29 is 9.84 Å². The fourth-order valence-corrected chi connectivity index (χ4v) is 1.88. The maximum Gasteiger partial charge on any atom is 0.238 e. The maximum absolute atomic E-state index is 9.33. The van der Waals surface area contributed by atoms with Gasteiger partial charge in [-0.05, 0) is 31.4 Å². The number of rotatable bonds is 4. The van der Waals surface area contributed by atoms with Crippen LogP contribution in [0, 0.1) is 0 Å². The molecular formula is C11H17N3O2. The summed E-state index contributed by atoms with van der Waals surface area (Å²) >= 11 is 0. The lowest BCUT2D eigenvalue weighted by atomic mass is 9.77. The van der Waals surface area contributed by atoms with Gasteiger partial charge in [-0.15, -0.1) is 0 Å². The lowest BCUT2D eigenvalue weighted by Crippen LogP contribution is -2.48. The number of nitrogens with one attached hydrogen (secondary N) is 1. The van der Waals surface area contributed by atoms with Gasteiger partial charge in [0.05, 0.1) is 24.9 Å². The van der Waals surface area contributed by atoms with Crippen molar-refractivity contribution in [2.24, 2.45) is 0 Å². The Morgan fingerprint density at radius 3 is 2.81 bits per heavy atom. The molecule has 0 unspecified atom stereocenters. The van der Waals surface area contributed by atoms with Gasteiger partial charge in [0, 0.05) is 0 Å². The lowest BCUT2D eigenvalue weighted by molar-refractivity contribution is 0.143. The minimum atomic E-state index is -0.200. The third-order valence-electron chi connectivity index (χ3n) is 3.09. The van der Waals surface area contributed by atoms with Crippen LogP contribution >= 0.6 is 0 Å². The number of pyridine rings is 1. The van der Waals surface area contributed by atoms with Crippen LogP contribution in [0.4, 0.5) is 11.5 Å². The molecule has 1 fully saturated rings. The zero-order chi connectivity index (χ0) is 11.6. The fourth-order valence-electron chi connectivity index (χ4n) is 1.88. The normalized spacial score (nSPS) is 17.6. The highest BCUT2D eigenvalue weighted by Crippen LogP contribution is 2.35. The number of aromatic nitrogens is 1. The first-order valence-electron chi connectivity index (χ1n) is 5.39. The van der Waals surface area contributed by atoms with Crippen LogP contribution in [-0.4, -0.2) is 29.3 Å². The molecule has 0 aromatic carbocycles. The molecule has 1 saturated carbocycles. The van der Waals surface area contributed by atoms with E-state index in [2.05, 4.69) is 10.3 Å². The molecule has 16 heavy (non-hydrogen) atoms. The van der Waals surface area contributed by atoms with Crippen molar-refractivity contribution in [3.63, 3.8) is 0 Å². The van der Waals surface area contributed by atoms with Crippen LogP contribution in [0.1, 0.15) is 19.3 Å². The minimum Gasteiger partial charge on any atom is -0.479 e. The second-order valence-corrected chi connectivity index (χ2v) is 4.21. The quantitative estimate of drug-likeness (QED) is 0.709. The van der Waals surface area contributed by atoms with Gasteiger partial charge in [-0.25, -0.2) is 0 Å². The number of methoxy groups -OCH3 is 1. The summed E-state index contributed by atoms with van der Waals surface area (Å²) in [5.41, 5.74) is 5.99. The summed E-state index contributed by atoms with van der Waals surface area (Å²) < 4.78 is 5.05. The van der Waals surface area contributed by atoms with Gasteiger partial charge in [0.25, 0.3) is 0 Å². The highest BCUT2D eigenvalue weighted by atomic mass is 16.5. The Hall–Kier alpha value is -1.49. The number of aliphatic hydroxyl groups is 1. The van der Waals surface area contributed by atoms with Gasteiger partial charge in [0.2, 0.25) is 5.88 Å². The first-order valence-corrected chi connectivity index (χ1v) is 5.39. The van der Waals surface area contributed by atoms with E-state index in [9.17, 15) is 5.11 Å². The molecule has 0 bridgehead atoms. The number of nitrogen functional groups attached to an aromatic ring is 1. The number of aliphatic hydroxyl groups excluding tert-OH is 1. The zero-order valence-electron chi connectivity index (χ0n) is 9.36. The molecule has 1 heterocycles. The van der Waals surface area contributed by atoms with Gasteiger partial charge in [-0.3, -0.25) is 0 Å². The van der Waals surface area contributed by atoms with Gasteiger partial charge in [0.15, 0.2) is 0 Å². The van der Waals surface area contributed by atoms with E-state index < -0.39 is 0 Å². The van der Waals surface area contributed by atoms with Crippen molar-refractivity contribution in [3.05, 3.63) is 12.1 Å². The summed E-state index contributed by atoms with van der Waals surface area (Å²) in [7, 11) is 1.54. The van der Waals surface area contributed by atoms with Crippen LogP contribution in [0.25, 0.3) is 0 Å². The molecule has 0 radical (unpaired) electrons. The van der Waals surface area contributed by atoms with Crippen molar-refractivity contribution >= 4 is 11.5 Å². The largest absolute Gasteiger partial charge is 0.479 e. The van der Waals surface area contributed by atoms with E-state index >= 15 is 0 Å². The summed E-state index contributed by atoms with van der Waals surface area (Å²) in [5, 5.41) is 12.6. The molecule has 1 aliphatic rings.